The molecule has 1 aromatic carbocycles. The average molecular weight is 240 g/mol. The van der Waals surface area contributed by atoms with Gasteiger partial charge in [0.05, 0.1) is 0 Å². The number of halogens is 1. The van der Waals surface area contributed by atoms with Gasteiger partial charge in [-0.3, -0.25) is 0 Å². The summed E-state index contributed by atoms with van der Waals surface area (Å²) in [5.41, 5.74) is 0.788. The van der Waals surface area contributed by atoms with Crippen molar-refractivity contribution in [3.05, 3.63) is 30.1 Å². The highest BCUT2D eigenvalue weighted by molar-refractivity contribution is 7.80. The van der Waals surface area contributed by atoms with Gasteiger partial charge in [-0.1, -0.05) is 13.0 Å². The first-order chi connectivity index (χ1) is 7.69. The first kappa shape index (κ1) is 12.9. The van der Waals surface area contributed by atoms with E-state index in [1.165, 1.54) is 12.1 Å². The number of thiocarbonyl (C=S) groups is 1. The van der Waals surface area contributed by atoms with Crippen molar-refractivity contribution in [2.45, 2.75) is 20.3 Å². The fraction of sp³-hybridized carbons (Fsp3) is 0.417. The van der Waals surface area contributed by atoms with E-state index in [4.69, 9.17) is 12.2 Å². The third kappa shape index (κ3) is 3.45. The maximum atomic E-state index is 13.1. The Hall–Kier alpha value is -1.16. The zero-order chi connectivity index (χ0) is 12.0. The van der Waals surface area contributed by atoms with Gasteiger partial charge in [-0.25, -0.2) is 4.39 Å². The van der Waals surface area contributed by atoms with Crippen LogP contribution in [-0.2, 0) is 0 Å². The van der Waals surface area contributed by atoms with Crippen molar-refractivity contribution < 1.29 is 4.39 Å². The van der Waals surface area contributed by atoms with E-state index in [2.05, 4.69) is 12.2 Å². The molecular formula is C12H17FN2S. The highest BCUT2D eigenvalue weighted by Crippen LogP contribution is 2.15. The van der Waals surface area contributed by atoms with Gasteiger partial charge in [0.2, 0.25) is 0 Å². The molecule has 1 N–H and O–H groups in total. The molecule has 88 valence electrons. The van der Waals surface area contributed by atoms with Crippen molar-refractivity contribution in [1.82, 2.24) is 5.32 Å². The van der Waals surface area contributed by atoms with Gasteiger partial charge in [-0.2, -0.15) is 0 Å². The monoisotopic (exact) mass is 240 g/mol. The number of nitrogens with one attached hydrogen (secondary N) is 1. The molecule has 0 amide bonds. The van der Waals surface area contributed by atoms with Crippen LogP contribution in [0.5, 0.6) is 0 Å². The van der Waals surface area contributed by atoms with E-state index in [1.807, 2.05) is 17.9 Å². The molecule has 0 aliphatic heterocycles. The Bertz CT molecular complexity index is 355. The van der Waals surface area contributed by atoms with Crippen molar-refractivity contribution in [3.8, 4) is 0 Å². The summed E-state index contributed by atoms with van der Waals surface area (Å²) in [4.78, 5) is 1.88. The lowest BCUT2D eigenvalue weighted by Crippen LogP contribution is -2.40. The van der Waals surface area contributed by atoms with Gasteiger partial charge in [0.25, 0.3) is 0 Å². The first-order valence-electron chi connectivity index (χ1n) is 5.50. The summed E-state index contributed by atoms with van der Waals surface area (Å²) in [6.07, 6.45) is 1.01. The van der Waals surface area contributed by atoms with Crippen LogP contribution in [0.15, 0.2) is 24.3 Å². The number of hydrogen-bond acceptors (Lipinski definition) is 1. The minimum atomic E-state index is -0.241. The fourth-order valence-electron chi connectivity index (χ4n) is 1.41. The molecule has 0 aliphatic rings. The summed E-state index contributed by atoms with van der Waals surface area (Å²) in [5, 5.41) is 3.78. The molecule has 1 aromatic rings. The fourth-order valence-corrected chi connectivity index (χ4v) is 1.75. The molecular weight excluding hydrogens is 223 g/mol. The number of benzene rings is 1. The molecule has 16 heavy (non-hydrogen) atoms. The molecule has 0 spiro atoms. The van der Waals surface area contributed by atoms with Gasteiger partial charge in [-0.15, -0.1) is 0 Å². The Morgan fingerprint density at radius 1 is 1.44 bits per heavy atom. The molecule has 0 fully saturated rings. The van der Waals surface area contributed by atoms with Gasteiger partial charge in [-0.05, 0) is 43.8 Å². The van der Waals surface area contributed by atoms with Gasteiger partial charge in [0, 0.05) is 18.8 Å². The Morgan fingerprint density at radius 3 is 2.75 bits per heavy atom. The molecule has 0 saturated carbocycles. The second kappa shape index (κ2) is 6.43. The minimum Gasteiger partial charge on any atom is -0.362 e. The topological polar surface area (TPSA) is 15.3 Å². The van der Waals surface area contributed by atoms with Crippen molar-refractivity contribution in [2.75, 3.05) is 18.0 Å². The Kier molecular flexibility index (Phi) is 5.19. The molecule has 0 radical (unpaired) electrons. The van der Waals surface area contributed by atoms with Crippen LogP contribution in [0, 0.1) is 5.82 Å². The van der Waals surface area contributed by atoms with Crippen molar-refractivity contribution in [3.63, 3.8) is 0 Å². The number of anilines is 1. The first-order valence-corrected chi connectivity index (χ1v) is 5.90. The molecule has 0 bridgehead atoms. The van der Waals surface area contributed by atoms with Crippen LogP contribution in [0.1, 0.15) is 20.3 Å². The summed E-state index contributed by atoms with van der Waals surface area (Å²) in [6, 6.07) is 6.46. The quantitative estimate of drug-likeness (QED) is 0.815. The Labute approximate surface area is 101 Å². The van der Waals surface area contributed by atoms with E-state index < -0.39 is 0 Å². The van der Waals surface area contributed by atoms with E-state index >= 15 is 0 Å². The molecule has 4 heteroatoms. The Balaban J connectivity index is 2.77. The second-order valence-corrected chi connectivity index (χ2v) is 3.84. The van der Waals surface area contributed by atoms with Crippen LogP contribution >= 0.6 is 12.2 Å². The molecule has 0 atom stereocenters. The van der Waals surface area contributed by atoms with Crippen molar-refractivity contribution >= 4 is 23.0 Å². The molecule has 0 unspecified atom stereocenters. The zero-order valence-corrected chi connectivity index (χ0v) is 10.5. The van der Waals surface area contributed by atoms with Crippen LogP contribution in [-0.4, -0.2) is 18.2 Å². The normalized spacial score (nSPS) is 9.94. The van der Waals surface area contributed by atoms with E-state index in [-0.39, 0.29) is 5.82 Å². The smallest absolute Gasteiger partial charge is 0.173 e. The zero-order valence-electron chi connectivity index (χ0n) is 9.66. The Morgan fingerprint density at radius 2 is 2.19 bits per heavy atom. The highest BCUT2D eigenvalue weighted by Gasteiger charge is 2.09. The summed E-state index contributed by atoms with van der Waals surface area (Å²) in [5.74, 6) is -0.241. The number of hydrogen-bond donors (Lipinski definition) is 1. The molecule has 2 nitrogen and oxygen atoms in total. The molecule has 1 rings (SSSR count). The molecule has 0 aliphatic carbocycles. The predicted molar refractivity (Wildman–Crippen MR) is 70.3 cm³/mol. The van der Waals surface area contributed by atoms with Crippen LogP contribution in [0.3, 0.4) is 0 Å². The third-order valence-corrected chi connectivity index (χ3v) is 2.57. The standard InChI is InChI=1S/C12H17FN2S/c1-3-8-14-12(16)15(4-2)11-7-5-6-10(13)9-11/h5-7,9H,3-4,8H2,1-2H3,(H,14,16). The van der Waals surface area contributed by atoms with Gasteiger partial charge in [0.15, 0.2) is 5.11 Å². The summed E-state index contributed by atoms with van der Waals surface area (Å²) >= 11 is 5.26. The van der Waals surface area contributed by atoms with Crippen molar-refractivity contribution in [1.29, 1.82) is 0 Å². The van der Waals surface area contributed by atoms with E-state index in [9.17, 15) is 4.39 Å². The molecule has 0 heterocycles. The lowest BCUT2D eigenvalue weighted by molar-refractivity contribution is 0.627. The van der Waals surface area contributed by atoms with E-state index in [0.717, 1.165) is 25.2 Å². The largest absolute Gasteiger partial charge is 0.362 e. The SMILES string of the molecule is CCCNC(=S)N(CC)c1cccc(F)c1. The second-order valence-electron chi connectivity index (χ2n) is 3.46. The van der Waals surface area contributed by atoms with E-state index in [1.54, 1.807) is 6.07 Å². The molecule has 0 aromatic heterocycles. The van der Waals surface area contributed by atoms with Crippen LogP contribution in [0.4, 0.5) is 10.1 Å². The highest BCUT2D eigenvalue weighted by atomic mass is 32.1. The maximum Gasteiger partial charge on any atom is 0.173 e. The van der Waals surface area contributed by atoms with E-state index in [0.29, 0.717) is 5.11 Å². The van der Waals surface area contributed by atoms with Crippen LogP contribution in [0.25, 0.3) is 0 Å². The number of nitrogens with zero attached hydrogens (tertiary/aromatic N) is 1. The lowest BCUT2D eigenvalue weighted by atomic mass is 10.3. The minimum absolute atomic E-state index is 0.241. The summed E-state index contributed by atoms with van der Waals surface area (Å²) < 4.78 is 13.1. The predicted octanol–water partition coefficient (Wildman–Crippen LogP) is 2.94. The third-order valence-electron chi connectivity index (χ3n) is 2.21. The van der Waals surface area contributed by atoms with Gasteiger partial charge < -0.3 is 10.2 Å². The maximum absolute atomic E-state index is 13.1. The van der Waals surface area contributed by atoms with Crippen LogP contribution < -0.4 is 10.2 Å². The van der Waals surface area contributed by atoms with Gasteiger partial charge in [0.1, 0.15) is 5.82 Å². The molecule has 0 saturated heterocycles. The lowest BCUT2D eigenvalue weighted by Gasteiger charge is -2.24. The summed E-state index contributed by atoms with van der Waals surface area (Å²) in [6.45, 7) is 5.63. The van der Waals surface area contributed by atoms with Crippen LogP contribution in [0.2, 0.25) is 0 Å². The summed E-state index contributed by atoms with van der Waals surface area (Å²) in [7, 11) is 0. The van der Waals surface area contributed by atoms with Crippen molar-refractivity contribution in [2.24, 2.45) is 0 Å². The van der Waals surface area contributed by atoms with Gasteiger partial charge >= 0.3 is 0 Å². The average Bonchev–Trinajstić information content (AvgIpc) is 2.27. The number of rotatable bonds is 4.